The Morgan fingerprint density at radius 3 is 2.75 bits per heavy atom. The van der Waals surface area contributed by atoms with Crippen LogP contribution < -0.4 is 10.5 Å². The van der Waals surface area contributed by atoms with Gasteiger partial charge in [-0.25, -0.2) is 9.97 Å². The maximum Gasteiger partial charge on any atom is 0.272 e. The van der Waals surface area contributed by atoms with Crippen LogP contribution in [0.25, 0.3) is 20.7 Å². The Morgan fingerprint density at radius 2 is 2.06 bits per heavy atom. The molecule has 0 bridgehead atoms. The first-order valence-electron chi connectivity index (χ1n) is 10.1. The van der Waals surface area contributed by atoms with Gasteiger partial charge in [0, 0.05) is 36.0 Å². The van der Waals surface area contributed by atoms with E-state index in [0.29, 0.717) is 39.3 Å². The van der Waals surface area contributed by atoms with E-state index in [9.17, 15) is 9.59 Å². The molecular formula is C23H22N4O2S3. The predicted octanol–water partition coefficient (Wildman–Crippen LogP) is 5.43. The molecule has 0 atom stereocenters. The van der Waals surface area contributed by atoms with E-state index in [-0.39, 0.29) is 11.5 Å². The quantitative estimate of drug-likeness (QED) is 0.190. The zero-order chi connectivity index (χ0) is 22.7. The number of thiophene rings is 1. The lowest BCUT2D eigenvalue weighted by Crippen LogP contribution is -2.27. The molecule has 0 unspecified atom stereocenters. The second-order valence-corrected chi connectivity index (χ2v) is 9.79. The van der Waals surface area contributed by atoms with Crippen molar-refractivity contribution in [2.75, 3.05) is 11.4 Å². The molecule has 1 amide bonds. The largest absolute Gasteiger partial charge is 0.289 e. The minimum absolute atomic E-state index is 0.0281. The lowest BCUT2D eigenvalue weighted by molar-refractivity contribution is -0.116. The highest BCUT2D eigenvalue weighted by Crippen LogP contribution is 2.33. The van der Waals surface area contributed by atoms with Crippen LogP contribution in [-0.4, -0.2) is 27.0 Å². The number of fused-ring (bicyclic) bond motifs is 1. The maximum atomic E-state index is 13.2. The third kappa shape index (κ3) is 4.55. The van der Waals surface area contributed by atoms with Crippen molar-refractivity contribution in [2.45, 2.75) is 31.3 Å². The lowest BCUT2D eigenvalue weighted by atomic mass is 10.2. The van der Waals surface area contributed by atoms with Gasteiger partial charge in [0.15, 0.2) is 10.3 Å². The van der Waals surface area contributed by atoms with Gasteiger partial charge in [-0.3, -0.25) is 19.1 Å². The van der Waals surface area contributed by atoms with E-state index >= 15 is 0 Å². The van der Waals surface area contributed by atoms with Crippen LogP contribution in [0, 0.1) is 0 Å². The number of anilines is 1. The van der Waals surface area contributed by atoms with Crippen LogP contribution in [0.15, 0.2) is 64.4 Å². The Hall–Kier alpha value is -2.75. The van der Waals surface area contributed by atoms with Gasteiger partial charge in [0.25, 0.3) is 5.56 Å². The van der Waals surface area contributed by atoms with Gasteiger partial charge in [-0.2, -0.15) is 0 Å². The van der Waals surface area contributed by atoms with E-state index in [1.807, 2.05) is 48.7 Å². The van der Waals surface area contributed by atoms with Crippen molar-refractivity contribution < 1.29 is 4.79 Å². The van der Waals surface area contributed by atoms with Crippen LogP contribution in [-0.2, 0) is 17.1 Å². The summed E-state index contributed by atoms with van der Waals surface area (Å²) in [6.45, 7) is 8.23. The molecular weight excluding hydrogens is 460 g/mol. The highest BCUT2D eigenvalue weighted by atomic mass is 32.2. The van der Waals surface area contributed by atoms with Crippen LogP contribution in [0.4, 0.5) is 5.13 Å². The Balaban J connectivity index is 1.65. The topological polar surface area (TPSA) is 68.1 Å². The number of rotatable bonds is 8. The van der Waals surface area contributed by atoms with Crippen LogP contribution >= 0.6 is 34.4 Å². The Morgan fingerprint density at radius 1 is 1.28 bits per heavy atom. The van der Waals surface area contributed by atoms with Crippen molar-refractivity contribution in [1.29, 1.82) is 0 Å². The van der Waals surface area contributed by atoms with Gasteiger partial charge in [-0.15, -0.1) is 29.3 Å². The summed E-state index contributed by atoms with van der Waals surface area (Å²) in [7, 11) is 0. The molecule has 1 aromatic carbocycles. The molecule has 0 saturated carbocycles. The molecule has 0 aliphatic heterocycles. The number of allylic oxidation sites excluding steroid dienone is 1. The highest BCUT2D eigenvalue weighted by Gasteiger charge is 2.17. The molecule has 4 rings (SSSR count). The monoisotopic (exact) mass is 482 g/mol. The molecule has 3 heterocycles. The first-order chi connectivity index (χ1) is 15.5. The minimum atomic E-state index is -0.0581. The number of benzene rings is 1. The van der Waals surface area contributed by atoms with Crippen LogP contribution in [0.1, 0.15) is 19.5 Å². The van der Waals surface area contributed by atoms with Crippen molar-refractivity contribution in [3.63, 3.8) is 0 Å². The van der Waals surface area contributed by atoms with Crippen molar-refractivity contribution >= 4 is 55.7 Å². The average molecular weight is 483 g/mol. The molecule has 32 heavy (non-hydrogen) atoms. The fourth-order valence-corrected chi connectivity index (χ4v) is 6.24. The third-order valence-electron chi connectivity index (χ3n) is 4.78. The van der Waals surface area contributed by atoms with Crippen LogP contribution in [0.5, 0.6) is 0 Å². The number of carbonyl (C=O) groups excluding carboxylic acids is 1. The van der Waals surface area contributed by atoms with E-state index in [1.165, 1.54) is 41.4 Å². The summed E-state index contributed by atoms with van der Waals surface area (Å²) in [5.41, 5.74) is 2.57. The molecule has 0 fully saturated rings. The summed E-state index contributed by atoms with van der Waals surface area (Å²) in [5.74, 6) is 0.524. The summed E-state index contributed by atoms with van der Waals surface area (Å²) in [4.78, 5) is 37.1. The van der Waals surface area contributed by atoms with E-state index in [4.69, 9.17) is 4.98 Å². The van der Waals surface area contributed by atoms with Gasteiger partial charge < -0.3 is 0 Å². The molecule has 0 N–H and O–H groups in total. The highest BCUT2D eigenvalue weighted by molar-refractivity contribution is 7.98. The van der Waals surface area contributed by atoms with Gasteiger partial charge in [0.2, 0.25) is 5.91 Å². The SMILES string of the molecule is C=CCn1c(SCc2csc(N(CC)C(C)=O)n2)nc2cc(-c3ccccc3)sc2c1=O. The number of hydrogen-bond acceptors (Lipinski definition) is 7. The fourth-order valence-electron chi connectivity index (χ4n) is 3.25. The van der Waals surface area contributed by atoms with Gasteiger partial charge in [-0.05, 0) is 18.6 Å². The predicted molar refractivity (Wildman–Crippen MR) is 135 cm³/mol. The number of thioether (sulfide) groups is 1. The van der Waals surface area contributed by atoms with Gasteiger partial charge in [0.05, 0.1) is 11.2 Å². The van der Waals surface area contributed by atoms with E-state index in [2.05, 4.69) is 11.6 Å². The normalized spacial score (nSPS) is 11.1. The molecule has 0 saturated heterocycles. The maximum absolute atomic E-state index is 13.2. The zero-order valence-corrected chi connectivity index (χ0v) is 20.2. The molecule has 0 radical (unpaired) electrons. The number of hydrogen-bond donors (Lipinski definition) is 0. The molecule has 6 nitrogen and oxygen atoms in total. The lowest BCUT2D eigenvalue weighted by Gasteiger charge is -2.14. The van der Waals surface area contributed by atoms with Crippen molar-refractivity contribution in [2.24, 2.45) is 0 Å². The molecule has 3 aromatic heterocycles. The smallest absolute Gasteiger partial charge is 0.272 e. The van der Waals surface area contributed by atoms with Crippen LogP contribution in [0.2, 0.25) is 0 Å². The molecule has 0 spiro atoms. The summed E-state index contributed by atoms with van der Waals surface area (Å²) < 4.78 is 2.30. The average Bonchev–Trinajstić information content (AvgIpc) is 3.43. The second-order valence-electron chi connectivity index (χ2n) is 6.96. The summed E-state index contributed by atoms with van der Waals surface area (Å²) >= 11 is 4.37. The van der Waals surface area contributed by atoms with E-state index < -0.39 is 0 Å². The third-order valence-corrected chi connectivity index (χ3v) is 7.87. The Kier molecular flexibility index (Phi) is 6.88. The van der Waals surface area contributed by atoms with Crippen molar-refractivity contribution in [3.05, 3.63) is 70.5 Å². The summed E-state index contributed by atoms with van der Waals surface area (Å²) in [6.07, 6.45) is 1.71. The van der Waals surface area contributed by atoms with Gasteiger partial charge >= 0.3 is 0 Å². The summed E-state index contributed by atoms with van der Waals surface area (Å²) in [5, 5.41) is 3.27. The standard InChI is InChI=1S/C23H22N4O2S3/c1-4-11-27-21(29)20-18(12-19(32-20)16-9-7-6-8-10-16)25-23(27)31-14-17-13-30-22(24-17)26(5-2)15(3)28/h4,6-10,12-13H,1,5,11,14H2,2-3H3. The first kappa shape index (κ1) is 22.4. The first-order valence-corrected chi connectivity index (χ1v) is 12.8. The van der Waals surface area contributed by atoms with E-state index in [1.54, 1.807) is 15.5 Å². The number of amides is 1. The Labute approximate surface area is 198 Å². The number of aromatic nitrogens is 3. The van der Waals surface area contributed by atoms with Gasteiger partial charge in [-0.1, -0.05) is 48.2 Å². The number of thiazole rings is 1. The van der Waals surface area contributed by atoms with Gasteiger partial charge in [0.1, 0.15) is 4.70 Å². The molecule has 164 valence electrons. The molecule has 4 aromatic rings. The molecule has 9 heteroatoms. The zero-order valence-electron chi connectivity index (χ0n) is 17.8. The number of nitrogens with zero attached hydrogens (tertiary/aromatic N) is 4. The second kappa shape index (κ2) is 9.81. The fraction of sp³-hybridized carbons (Fsp3) is 0.217. The minimum Gasteiger partial charge on any atom is -0.289 e. The Bertz CT molecular complexity index is 1320. The van der Waals surface area contributed by atoms with Crippen LogP contribution in [0.3, 0.4) is 0 Å². The van der Waals surface area contributed by atoms with E-state index in [0.717, 1.165) is 16.1 Å². The van der Waals surface area contributed by atoms with Crippen molar-refractivity contribution in [3.8, 4) is 10.4 Å². The molecule has 0 aliphatic carbocycles. The van der Waals surface area contributed by atoms with Crippen molar-refractivity contribution in [1.82, 2.24) is 14.5 Å². The molecule has 0 aliphatic rings. The summed E-state index contributed by atoms with van der Waals surface area (Å²) in [6, 6.07) is 12.0. The number of carbonyl (C=O) groups is 1.